The molecule has 2 N–H and O–H groups in total. The standard InChI is InChI=1S/C16H26N4OS.HI/c1-12-13(2)22-15(20-12)5-9-19-16(17-3)18-8-4-14-6-10-21-11-7-14;/h6H,4-5,7-11H2,1-3H3,(H2,17,18,19);1H. The van der Waals surface area contributed by atoms with Gasteiger partial charge in [-0.3, -0.25) is 4.99 Å². The van der Waals surface area contributed by atoms with Gasteiger partial charge in [0.15, 0.2) is 5.96 Å². The highest BCUT2D eigenvalue weighted by molar-refractivity contribution is 14.0. The van der Waals surface area contributed by atoms with Gasteiger partial charge in [-0.2, -0.15) is 0 Å². The molecule has 5 nitrogen and oxygen atoms in total. The molecular weight excluding hydrogens is 423 g/mol. The van der Waals surface area contributed by atoms with Gasteiger partial charge in [0.2, 0.25) is 0 Å². The number of thiazole rings is 1. The van der Waals surface area contributed by atoms with Crippen LogP contribution >= 0.6 is 35.3 Å². The van der Waals surface area contributed by atoms with Crippen LogP contribution in [0.2, 0.25) is 0 Å². The van der Waals surface area contributed by atoms with E-state index in [0.717, 1.165) is 57.2 Å². The normalized spacial score (nSPS) is 14.9. The third-order valence-electron chi connectivity index (χ3n) is 3.72. The number of guanidine groups is 1. The average Bonchev–Trinajstić information content (AvgIpc) is 2.85. The molecule has 0 amide bonds. The lowest BCUT2D eigenvalue weighted by atomic mass is 10.1. The van der Waals surface area contributed by atoms with Gasteiger partial charge in [0.05, 0.1) is 23.9 Å². The first-order valence-electron chi connectivity index (χ1n) is 7.82. The molecule has 1 aromatic heterocycles. The molecule has 130 valence electrons. The number of hydrogen-bond acceptors (Lipinski definition) is 4. The summed E-state index contributed by atoms with van der Waals surface area (Å²) in [6, 6.07) is 0. The minimum absolute atomic E-state index is 0. The summed E-state index contributed by atoms with van der Waals surface area (Å²) in [5.74, 6) is 0.859. The first-order chi connectivity index (χ1) is 10.7. The lowest BCUT2D eigenvalue weighted by Gasteiger charge is -2.15. The summed E-state index contributed by atoms with van der Waals surface area (Å²) < 4.78 is 5.32. The maximum Gasteiger partial charge on any atom is 0.191 e. The minimum atomic E-state index is 0. The molecule has 0 aliphatic carbocycles. The second-order valence-electron chi connectivity index (χ2n) is 5.36. The predicted molar refractivity (Wildman–Crippen MR) is 108 cm³/mol. The molecule has 0 fully saturated rings. The summed E-state index contributed by atoms with van der Waals surface area (Å²) in [5, 5.41) is 7.89. The van der Waals surface area contributed by atoms with Gasteiger partial charge < -0.3 is 15.4 Å². The fraction of sp³-hybridized carbons (Fsp3) is 0.625. The number of aliphatic imine (C=N–C) groups is 1. The van der Waals surface area contributed by atoms with Crippen molar-refractivity contribution in [3.63, 3.8) is 0 Å². The molecule has 0 spiro atoms. The van der Waals surface area contributed by atoms with E-state index in [1.165, 1.54) is 15.5 Å². The maximum atomic E-state index is 5.32. The minimum Gasteiger partial charge on any atom is -0.377 e. The van der Waals surface area contributed by atoms with Crippen LogP contribution in [0.25, 0.3) is 0 Å². The van der Waals surface area contributed by atoms with E-state index in [-0.39, 0.29) is 24.0 Å². The SMILES string of the molecule is CN=C(NCCC1=CCOCC1)NCCc1nc(C)c(C)s1.I. The zero-order valence-corrected chi connectivity index (χ0v) is 17.3. The van der Waals surface area contributed by atoms with Crippen LogP contribution in [0.5, 0.6) is 0 Å². The van der Waals surface area contributed by atoms with Crippen LogP contribution in [0, 0.1) is 13.8 Å². The molecule has 1 aliphatic rings. The van der Waals surface area contributed by atoms with Gasteiger partial charge in [0.25, 0.3) is 0 Å². The van der Waals surface area contributed by atoms with E-state index in [9.17, 15) is 0 Å². The monoisotopic (exact) mass is 450 g/mol. The van der Waals surface area contributed by atoms with Crippen molar-refractivity contribution in [3.8, 4) is 0 Å². The van der Waals surface area contributed by atoms with Gasteiger partial charge in [-0.1, -0.05) is 11.6 Å². The smallest absolute Gasteiger partial charge is 0.191 e. The van der Waals surface area contributed by atoms with Gasteiger partial charge in [-0.25, -0.2) is 4.98 Å². The topological polar surface area (TPSA) is 58.5 Å². The largest absolute Gasteiger partial charge is 0.377 e. The van der Waals surface area contributed by atoms with E-state index in [1.54, 1.807) is 18.4 Å². The van der Waals surface area contributed by atoms with Crippen LogP contribution in [0.4, 0.5) is 0 Å². The van der Waals surface area contributed by atoms with Gasteiger partial charge in [-0.15, -0.1) is 35.3 Å². The molecule has 0 saturated heterocycles. The van der Waals surface area contributed by atoms with Crippen molar-refractivity contribution in [2.24, 2.45) is 4.99 Å². The Hall–Kier alpha value is -0.670. The molecule has 23 heavy (non-hydrogen) atoms. The Balaban J connectivity index is 0.00000264. The highest BCUT2D eigenvalue weighted by Gasteiger charge is 2.05. The quantitative estimate of drug-likeness (QED) is 0.303. The number of aryl methyl sites for hydroxylation is 2. The van der Waals surface area contributed by atoms with Crippen LogP contribution in [0.1, 0.15) is 28.4 Å². The number of hydrogen-bond donors (Lipinski definition) is 2. The Morgan fingerprint density at radius 3 is 2.61 bits per heavy atom. The fourth-order valence-electron chi connectivity index (χ4n) is 2.29. The lowest BCUT2D eigenvalue weighted by molar-refractivity contribution is 0.153. The first-order valence-corrected chi connectivity index (χ1v) is 8.63. The first kappa shape index (κ1) is 20.4. The van der Waals surface area contributed by atoms with Crippen molar-refractivity contribution in [1.82, 2.24) is 15.6 Å². The highest BCUT2D eigenvalue weighted by Crippen LogP contribution is 2.16. The van der Waals surface area contributed by atoms with E-state index >= 15 is 0 Å². The molecule has 0 unspecified atom stereocenters. The molecule has 2 rings (SSSR count). The van der Waals surface area contributed by atoms with E-state index in [4.69, 9.17) is 4.74 Å². The molecule has 0 saturated carbocycles. The second-order valence-corrected chi connectivity index (χ2v) is 6.65. The van der Waals surface area contributed by atoms with Crippen LogP contribution in [-0.2, 0) is 11.2 Å². The number of aromatic nitrogens is 1. The number of nitrogens with zero attached hydrogens (tertiary/aromatic N) is 2. The Morgan fingerprint density at radius 1 is 1.30 bits per heavy atom. The van der Waals surface area contributed by atoms with E-state index < -0.39 is 0 Å². The maximum absolute atomic E-state index is 5.32. The zero-order valence-electron chi connectivity index (χ0n) is 14.1. The Morgan fingerprint density at radius 2 is 2.04 bits per heavy atom. The van der Waals surface area contributed by atoms with E-state index in [0.29, 0.717) is 0 Å². The predicted octanol–water partition coefficient (Wildman–Crippen LogP) is 2.82. The molecule has 1 aromatic rings. The summed E-state index contributed by atoms with van der Waals surface area (Å²) >= 11 is 1.78. The van der Waals surface area contributed by atoms with Crippen LogP contribution in [0.3, 0.4) is 0 Å². The molecule has 1 aliphatic heterocycles. The summed E-state index contributed by atoms with van der Waals surface area (Å²) in [5.41, 5.74) is 2.62. The highest BCUT2D eigenvalue weighted by atomic mass is 127. The summed E-state index contributed by atoms with van der Waals surface area (Å²) in [7, 11) is 1.81. The van der Waals surface area contributed by atoms with Crippen LogP contribution < -0.4 is 10.6 Å². The molecule has 0 atom stereocenters. The third kappa shape index (κ3) is 7.17. The summed E-state index contributed by atoms with van der Waals surface area (Å²) in [4.78, 5) is 10.1. The zero-order chi connectivity index (χ0) is 15.8. The molecule has 2 heterocycles. The lowest BCUT2D eigenvalue weighted by Crippen LogP contribution is -2.38. The molecular formula is C16H27IN4OS. The molecule has 7 heteroatoms. The van der Waals surface area contributed by atoms with Crippen molar-refractivity contribution in [2.45, 2.75) is 33.1 Å². The van der Waals surface area contributed by atoms with E-state index in [2.05, 4.69) is 40.5 Å². The van der Waals surface area contributed by atoms with Gasteiger partial charge in [0, 0.05) is 31.4 Å². The van der Waals surface area contributed by atoms with Crippen molar-refractivity contribution >= 4 is 41.3 Å². The van der Waals surface area contributed by atoms with Gasteiger partial charge in [0.1, 0.15) is 0 Å². The Bertz CT molecular complexity index is 523. The van der Waals surface area contributed by atoms with Crippen molar-refractivity contribution in [3.05, 3.63) is 27.2 Å². The van der Waals surface area contributed by atoms with Gasteiger partial charge >= 0.3 is 0 Å². The summed E-state index contributed by atoms with van der Waals surface area (Å²) in [6.45, 7) is 7.55. The van der Waals surface area contributed by atoms with Gasteiger partial charge in [-0.05, 0) is 26.7 Å². The van der Waals surface area contributed by atoms with Crippen molar-refractivity contribution in [2.75, 3.05) is 33.4 Å². The number of rotatable bonds is 6. The van der Waals surface area contributed by atoms with Crippen LogP contribution in [-0.4, -0.2) is 44.3 Å². The number of nitrogens with one attached hydrogen (secondary N) is 2. The van der Waals surface area contributed by atoms with Crippen molar-refractivity contribution < 1.29 is 4.74 Å². The Labute approximate surface area is 160 Å². The van der Waals surface area contributed by atoms with Crippen LogP contribution in [0.15, 0.2) is 16.6 Å². The molecule has 0 radical (unpaired) electrons. The fourth-order valence-corrected chi connectivity index (χ4v) is 3.22. The molecule has 0 aromatic carbocycles. The number of halogens is 1. The molecule has 0 bridgehead atoms. The second kappa shape index (κ2) is 11.0. The summed E-state index contributed by atoms with van der Waals surface area (Å²) in [6.07, 6.45) is 5.22. The number of ether oxygens (including phenoxy) is 1. The van der Waals surface area contributed by atoms with E-state index in [1.807, 2.05) is 0 Å². The third-order valence-corrected chi connectivity index (χ3v) is 4.86. The average molecular weight is 450 g/mol. The van der Waals surface area contributed by atoms with Crippen molar-refractivity contribution in [1.29, 1.82) is 0 Å². The Kier molecular flexibility index (Phi) is 9.73.